The number of carbonyl (C=O) groups is 3. The number of aromatic hydroxyl groups is 1. The van der Waals surface area contributed by atoms with E-state index < -0.39 is 58.0 Å². The van der Waals surface area contributed by atoms with Gasteiger partial charge in [-0.25, -0.2) is 4.98 Å². The predicted molar refractivity (Wildman–Crippen MR) is 138 cm³/mol. The first kappa shape index (κ1) is 27.1. The van der Waals surface area contributed by atoms with E-state index in [1.54, 1.807) is 20.2 Å². The maximum atomic E-state index is 13.9. The Labute approximate surface area is 228 Å². The number of Topliss-reactive ketones (excluding diaryl/α,β-unsaturated/α-hetero) is 2. The summed E-state index contributed by atoms with van der Waals surface area (Å²) < 4.78 is 10.5. The van der Waals surface area contributed by atoms with E-state index >= 15 is 0 Å². The summed E-state index contributed by atoms with van der Waals surface area (Å²) in [6, 6.07) is 1.87. The summed E-state index contributed by atoms with van der Waals surface area (Å²) in [6.07, 6.45) is 1.53. The van der Waals surface area contributed by atoms with Crippen LogP contribution in [-0.2, 0) is 16.0 Å². The van der Waals surface area contributed by atoms with Gasteiger partial charge in [-0.3, -0.25) is 19.3 Å². The van der Waals surface area contributed by atoms with Crippen LogP contribution in [0.4, 0.5) is 0 Å². The quantitative estimate of drug-likeness (QED) is 0.323. The summed E-state index contributed by atoms with van der Waals surface area (Å²) in [7, 11) is 5.95. The third-order valence-corrected chi connectivity index (χ3v) is 8.00. The Bertz CT molecular complexity index is 1550. The Kier molecular flexibility index (Phi) is 6.31. The monoisotopic (exact) mass is 552 g/mol. The molecule has 13 heteroatoms. The van der Waals surface area contributed by atoms with Crippen molar-refractivity contribution in [3.63, 3.8) is 0 Å². The van der Waals surface area contributed by atoms with E-state index in [0.29, 0.717) is 16.7 Å². The average Bonchev–Trinajstić information content (AvgIpc) is 2.90. The molecule has 3 aliphatic rings. The van der Waals surface area contributed by atoms with E-state index in [-0.39, 0.29) is 41.6 Å². The molecule has 3 aliphatic carbocycles. The van der Waals surface area contributed by atoms with Gasteiger partial charge in [-0.2, -0.15) is 4.98 Å². The summed E-state index contributed by atoms with van der Waals surface area (Å²) in [4.78, 5) is 49.2. The summed E-state index contributed by atoms with van der Waals surface area (Å²) in [5, 5.41) is 44.8. The lowest BCUT2D eigenvalue weighted by Gasteiger charge is -2.50. The van der Waals surface area contributed by atoms with Crippen LogP contribution < -0.4 is 15.2 Å². The molecule has 1 aromatic heterocycles. The number of aliphatic hydroxyl groups is 3. The third-order valence-electron chi connectivity index (χ3n) is 8.00. The maximum absolute atomic E-state index is 13.9. The molecule has 0 spiro atoms. The molecule has 5 rings (SSSR count). The Balaban J connectivity index is 1.72. The second-order valence-corrected chi connectivity index (χ2v) is 10.2. The fraction of sp³-hybridized carbons (Fsp3) is 0.370. The van der Waals surface area contributed by atoms with Gasteiger partial charge >= 0.3 is 6.01 Å². The molecule has 2 aromatic rings. The molecular formula is C27H28N4O9. The van der Waals surface area contributed by atoms with E-state index in [4.69, 9.17) is 15.2 Å². The van der Waals surface area contributed by atoms with Crippen LogP contribution in [0.15, 0.2) is 41.0 Å². The van der Waals surface area contributed by atoms with Gasteiger partial charge in [-0.15, -0.1) is 0 Å². The second kappa shape index (κ2) is 9.31. The van der Waals surface area contributed by atoms with Gasteiger partial charge in [-0.05, 0) is 50.0 Å². The number of nitrogens with zero attached hydrogens (tertiary/aromatic N) is 3. The van der Waals surface area contributed by atoms with Crippen LogP contribution >= 0.6 is 0 Å². The number of aromatic nitrogens is 2. The molecule has 210 valence electrons. The average molecular weight is 553 g/mol. The molecular weight excluding hydrogens is 524 g/mol. The zero-order chi connectivity index (χ0) is 29.3. The van der Waals surface area contributed by atoms with Crippen molar-refractivity contribution < 1.29 is 44.3 Å². The largest absolute Gasteiger partial charge is 0.510 e. The second-order valence-electron chi connectivity index (χ2n) is 10.2. The van der Waals surface area contributed by atoms with Gasteiger partial charge in [0, 0.05) is 17.7 Å². The van der Waals surface area contributed by atoms with Crippen LogP contribution in [0.25, 0.3) is 11.1 Å². The molecule has 1 amide bonds. The topological polar surface area (TPSA) is 206 Å². The lowest BCUT2D eigenvalue weighted by molar-refractivity contribution is -0.148. The zero-order valence-electron chi connectivity index (χ0n) is 22.1. The number of carbonyl (C=O) groups excluding carboxylic acids is 3. The molecule has 0 bridgehead atoms. The van der Waals surface area contributed by atoms with E-state index in [0.717, 1.165) is 0 Å². The minimum atomic E-state index is -2.70. The fourth-order valence-electron chi connectivity index (χ4n) is 6.29. The SMILES string of the molecule is COc1ncc(-c2ccc(O)c3c2C[C@H]2C[C@H]4[C@H](N(C)C)C(O)=C(C(N)=O)C(=O)[C@@]4(O)C(O)=C2C3=O)c(OC)n1. The van der Waals surface area contributed by atoms with E-state index in [2.05, 4.69) is 9.97 Å². The van der Waals surface area contributed by atoms with E-state index in [1.807, 2.05) is 0 Å². The molecule has 0 aliphatic heterocycles. The van der Waals surface area contributed by atoms with Gasteiger partial charge < -0.3 is 35.6 Å². The number of aliphatic hydroxyl groups excluding tert-OH is 2. The number of methoxy groups -OCH3 is 2. The number of phenols is 1. The number of ether oxygens (including phenoxy) is 2. The van der Waals surface area contributed by atoms with Crippen LogP contribution in [0.3, 0.4) is 0 Å². The molecule has 13 nitrogen and oxygen atoms in total. The highest BCUT2D eigenvalue weighted by Gasteiger charge is 2.63. The number of hydrogen-bond donors (Lipinski definition) is 5. The van der Waals surface area contributed by atoms with E-state index in [1.165, 1.54) is 31.4 Å². The summed E-state index contributed by atoms with van der Waals surface area (Å²) >= 11 is 0. The van der Waals surface area contributed by atoms with Crippen molar-refractivity contribution in [1.29, 1.82) is 0 Å². The van der Waals surface area contributed by atoms with Crippen molar-refractivity contribution in [2.24, 2.45) is 17.6 Å². The molecule has 6 N–H and O–H groups in total. The maximum Gasteiger partial charge on any atom is 0.319 e. The number of allylic oxidation sites excluding steroid dienone is 1. The first-order chi connectivity index (χ1) is 18.9. The molecule has 0 radical (unpaired) electrons. The van der Waals surface area contributed by atoms with Crippen LogP contribution in [0, 0.1) is 11.8 Å². The minimum Gasteiger partial charge on any atom is -0.510 e. The number of ketones is 2. The first-order valence-corrected chi connectivity index (χ1v) is 12.3. The molecule has 4 atom stereocenters. The van der Waals surface area contributed by atoms with Gasteiger partial charge in [0.05, 0.1) is 31.4 Å². The molecule has 1 aromatic carbocycles. The van der Waals surface area contributed by atoms with E-state index in [9.17, 15) is 34.8 Å². The number of fused-ring (bicyclic) bond motifs is 3. The lowest BCUT2D eigenvalue weighted by Crippen LogP contribution is -2.63. The van der Waals surface area contributed by atoms with Gasteiger partial charge in [0.25, 0.3) is 5.91 Å². The number of amides is 1. The van der Waals surface area contributed by atoms with Crippen molar-refractivity contribution in [3.05, 3.63) is 52.1 Å². The van der Waals surface area contributed by atoms with Crippen LogP contribution in [0.2, 0.25) is 0 Å². The highest BCUT2D eigenvalue weighted by molar-refractivity contribution is 6.24. The molecule has 0 saturated heterocycles. The lowest BCUT2D eigenvalue weighted by atomic mass is 9.58. The predicted octanol–water partition coefficient (Wildman–Crippen LogP) is 0.595. The smallest absolute Gasteiger partial charge is 0.319 e. The minimum absolute atomic E-state index is 0.0306. The molecule has 0 fully saturated rings. The Morgan fingerprint density at radius 2 is 1.82 bits per heavy atom. The van der Waals surface area contributed by atoms with Crippen molar-refractivity contribution in [2.45, 2.75) is 24.5 Å². The van der Waals surface area contributed by atoms with Crippen molar-refractivity contribution in [1.82, 2.24) is 14.9 Å². The molecule has 0 unspecified atom stereocenters. The highest BCUT2D eigenvalue weighted by Crippen LogP contribution is 2.53. The highest BCUT2D eigenvalue weighted by atomic mass is 16.5. The van der Waals surface area contributed by atoms with Gasteiger partial charge in [0.1, 0.15) is 22.8 Å². The zero-order valence-corrected chi connectivity index (χ0v) is 22.1. The summed E-state index contributed by atoms with van der Waals surface area (Å²) in [5.74, 6) is -6.99. The normalized spacial score (nSPS) is 25.9. The Morgan fingerprint density at radius 3 is 2.42 bits per heavy atom. The number of benzene rings is 1. The Hall–Kier alpha value is -4.49. The standard InChI is InChI=1S/C27H28N4O9/c1-31(2)19-14-8-10-7-12-11(13-9-29-26(40-4)30-25(13)39-3)5-6-15(32)17(12)20(33)16(10)22(35)27(14,38)23(36)18(21(19)34)24(28)37/h5-6,9-10,14,19,32,34-35,38H,7-8H2,1-4H3,(H2,28,37)/t10-,14-,19-,27-/m0/s1. The van der Waals surface area contributed by atoms with Gasteiger partial charge in [0.2, 0.25) is 11.7 Å². The number of likely N-dealkylation sites (N-methyl/N-ethyl adjacent to an activating group) is 1. The third kappa shape index (κ3) is 3.58. The van der Waals surface area contributed by atoms with Crippen molar-refractivity contribution in [3.8, 4) is 28.8 Å². The number of primary amides is 1. The van der Waals surface area contributed by atoms with Gasteiger partial charge in [-0.1, -0.05) is 6.07 Å². The first-order valence-electron chi connectivity index (χ1n) is 12.3. The van der Waals surface area contributed by atoms with Crippen LogP contribution in [-0.4, -0.2) is 92.7 Å². The summed E-state index contributed by atoms with van der Waals surface area (Å²) in [5.41, 5.74) is 2.75. The van der Waals surface area contributed by atoms with Crippen molar-refractivity contribution >= 4 is 17.5 Å². The van der Waals surface area contributed by atoms with Gasteiger partial charge in [0.15, 0.2) is 11.4 Å². The number of phenolic OH excluding ortho intramolecular Hbond substituents is 1. The molecule has 1 heterocycles. The Morgan fingerprint density at radius 1 is 1.12 bits per heavy atom. The fourth-order valence-corrected chi connectivity index (χ4v) is 6.29. The van der Waals surface area contributed by atoms with Crippen LogP contribution in [0.5, 0.6) is 17.6 Å². The molecule has 0 saturated carbocycles. The van der Waals surface area contributed by atoms with Crippen LogP contribution in [0.1, 0.15) is 22.3 Å². The number of nitrogens with two attached hydrogens (primary N) is 1. The number of rotatable bonds is 5. The van der Waals surface area contributed by atoms with Crippen molar-refractivity contribution in [2.75, 3.05) is 28.3 Å². The number of hydrogen-bond acceptors (Lipinski definition) is 12. The molecule has 40 heavy (non-hydrogen) atoms. The summed E-state index contributed by atoms with van der Waals surface area (Å²) in [6.45, 7) is 0.